The van der Waals surface area contributed by atoms with E-state index in [4.69, 9.17) is 16.3 Å². The number of methoxy groups -OCH3 is 1. The van der Waals surface area contributed by atoms with E-state index in [0.717, 1.165) is 16.8 Å². The lowest BCUT2D eigenvalue weighted by Gasteiger charge is -2.15. The van der Waals surface area contributed by atoms with Crippen LogP contribution in [0, 0.1) is 13.8 Å². The van der Waals surface area contributed by atoms with Crippen LogP contribution in [0.25, 0.3) is 5.57 Å². The first-order valence-corrected chi connectivity index (χ1v) is 9.50. The molecule has 6 heteroatoms. The lowest BCUT2D eigenvalue weighted by atomic mass is 10.0. The van der Waals surface area contributed by atoms with Crippen molar-refractivity contribution in [3.8, 4) is 0 Å². The molecule has 0 saturated carbocycles. The number of benzene rings is 2. The molecular formula is C22H23ClN2O3. The zero-order valence-electron chi connectivity index (χ0n) is 16.2. The highest BCUT2D eigenvalue weighted by molar-refractivity contribution is 6.37. The molecule has 0 atom stereocenters. The number of ether oxygens (including phenoxy) is 1. The summed E-state index contributed by atoms with van der Waals surface area (Å²) < 4.78 is 5.06. The lowest BCUT2D eigenvalue weighted by Crippen LogP contribution is -2.34. The second-order valence-electron chi connectivity index (χ2n) is 6.74. The predicted octanol–water partition coefficient (Wildman–Crippen LogP) is 4.19. The molecule has 1 heterocycles. The van der Waals surface area contributed by atoms with Crippen molar-refractivity contribution < 1.29 is 14.3 Å². The van der Waals surface area contributed by atoms with E-state index in [2.05, 4.69) is 5.32 Å². The van der Waals surface area contributed by atoms with Gasteiger partial charge in [-0.3, -0.25) is 14.5 Å². The Morgan fingerprint density at radius 1 is 1.04 bits per heavy atom. The molecule has 2 amide bonds. The van der Waals surface area contributed by atoms with Crippen LogP contribution in [-0.2, 0) is 14.3 Å². The average molecular weight is 399 g/mol. The quantitative estimate of drug-likeness (QED) is 0.561. The number of rotatable bonds is 7. The van der Waals surface area contributed by atoms with Gasteiger partial charge in [0.05, 0.1) is 5.57 Å². The first-order chi connectivity index (χ1) is 13.4. The number of hydrogen-bond donors (Lipinski definition) is 1. The molecule has 0 bridgehead atoms. The van der Waals surface area contributed by atoms with Crippen molar-refractivity contribution in [2.75, 3.05) is 25.6 Å². The van der Waals surface area contributed by atoms with Gasteiger partial charge in [0.25, 0.3) is 11.8 Å². The van der Waals surface area contributed by atoms with Gasteiger partial charge >= 0.3 is 0 Å². The highest BCUT2D eigenvalue weighted by Gasteiger charge is 2.39. The molecule has 3 rings (SSSR count). The number of imide groups is 1. The largest absolute Gasteiger partial charge is 0.385 e. The summed E-state index contributed by atoms with van der Waals surface area (Å²) in [6.45, 7) is 4.78. The van der Waals surface area contributed by atoms with Crippen LogP contribution in [0.4, 0.5) is 5.69 Å². The monoisotopic (exact) mass is 398 g/mol. The Hall–Kier alpha value is -2.63. The third kappa shape index (κ3) is 3.96. The van der Waals surface area contributed by atoms with Gasteiger partial charge in [-0.1, -0.05) is 35.9 Å². The number of amides is 2. The van der Waals surface area contributed by atoms with Gasteiger partial charge < -0.3 is 10.1 Å². The molecule has 0 aromatic heterocycles. The number of aryl methyl sites for hydroxylation is 1. The molecule has 28 heavy (non-hydrogen) atoms. The van der Waals surface area contributed by atoms with Crippen LogP contribution in [0.2, 0.25) is 5.02 Å². The number of carbonyl (C=O) groups excluding carboxylic acids is 2. The number of nitrogens with zero attached hydrogens (tertiary/aromatic N) is 1. The number of nitrogens with one attached hydrogen (secondary N) is 1. The summed E-state index contributed by atoms with van der Waals surface area (Å²) in [5, 5.41) is 3.79. The van der Waals surface area contributed by atoms with Crippen LogP contribution in [0.15, 0.2) is 48.2 Å². The number of hydrogen-bond acceptors (Lipinski definition) is 4. The molecular weight excluding hydrogens is 376 g/mol. The topological polar surface area (TPSA) is 58.6 Å². The van der Waals surface area contributed by atoms with Crippen LogP contribution in [0.3, 0.4) is 0 Å². The minimum Gasteiger partial charge on any atom is -0.385 e. The van der Waals surface area contributed by atoms with Crippen molar-refractivity contribution in [1.29, 1.82) is 0 Å². The first kappa shape index (κ1) is 20.1. The Labute approximate surface area is 169 Å². The fourth-order valence-corrected chi connectivity index (χ4v) is 3.29. The molecule has 0 saturated heterocycles. The van der Waals surface area contributed by atoms with Gasteiger partial charge in [-0.2, -0.15) is 0 Å². The minimum absolute atomic E-state index is 0.290. The van der Waals surface area contributed by atoms with Gasteiger partial charge in [0, 0.05) is 31.0 Å². The standard InChI is InChI=1S/C22H23ClN2O3/c1-14-6-4-7-18(15(14)2)24-20-19(16-8-10-17(23)11-9-16)21(26)25(22(20)27)12-5-13-28-3/h4,6-11,24H,5,12-13H2,1-3H3. The minimum atomic E-state index is -0.327. The normalized spacial score (nSPS) is 14.2. The van der Waals surface area contributed by atoms with E-state index in [-0.39, 0.29) is 11.8 Å². The molecule has 2 aromatic carbocycles. The second kappa shape index (κ2) is 8.59. The summed E-state index contributed by atoms with van der Waals surface area (Å²) in [6.07, 6.45) is 0.582. The maximum Gasteiger partial charge on any atom is 0.278 e. The maximum atomic E-state index is 13.1. The second-order valence-corrected chi connectivity index (χ2v) is 7.17. The Morgan fingerprint density at radius 2 is 1.75 bits per heavy atom. The van der Waals surface area contributed by atoms with Gasteiger partial charge in [-0.25, -0.2) is 0 Å². The molecule has 0 aliphatic carbocycles. The Bertz CT molecular complexity index is 935. The third-order valence-electron chi connectivity index (χ3n) is 4.90. The Balaban J connectivity index is 2.03. The first-order valence-electron chi connectivity index (χ1n) is 9.12. The number of carbonyl (C=O) groups is 2. The molecule has 0 spiro atoms. The zero-order chi connectivity index (χ0) is 20.3. The van der Waals surface area contributed by atoms with Gasteiger partial charge in [0.15, 0.2) is 0 Å². The van der Waals surface area contributed by atoms with Gasteiger partial charge in [-0.15, -0.1) is 0 Å². The van der Waals surface area contributed by atoms with Crippen molar-refractivity contribution in [3.05, 3.63) is 69.9 Å². The maximum absolute atomic E-state index is 13.1. The predicted molar refractivity (Wildman–Crippen MR) is 111 cm³/mol. The Kier molecular flexibility index (Phi) is 6.17. The smallest absolute Gasteiger partial charge is 0.278 e. The molecule has 0 radical (unpaired) electrons. The van der Waals surface area contributed by atoms with Crippen LogP contribution in [0.5, 0.6) is 0 Å². The van der Waals surface area contributed by atoms with Gasteiger partial charge in [-0.05, 0) is 55.2 Å². The fraction of sp³-hybridized carbons (Fsp3) is 0.273. The summed E-state index contributed by atoms with van der Waals surface area (Å²) in [6, 6.07) is 12.8. The molecule has 1 N–H and O–H groups in total. The molecule has 5 nitrogen and oxygen atoms in total. The van der Waals surface area contributed by atoms with Crippen molar-refractivity contribution in [2.24, 2.45) is 0 Å². The van der Waals surface area contributed by atoms with Crippen molar-refractivity contribution in [1.82, 2.24) is 4.90 Å². The average Bonchev–Trinajstić information content (AvgIpc) is 2.90. The molecule has 1 aliphatic rings. The summed E-state index contributed by atoms with van der Waals surface area (Å²) in [4.78, 5) is 27.4. The van der Waals surface area contributed by atoms with Gasteiger partial charge in [0.1, 0.15) is 5.70 Å². The summed E-state index contributed by atoms with van der Waals surface area (Å²) >= 11 is 5.99. The number of anilines is 1. The summed E-state index contributed by atoms with van der Waals surface area (Å²) in [7, 11) is 1.60. The van der Waals surface area contributed by atoms with Crippen LogP contribution < -0.4 is 5.32 Å². The van der Waals surface area contributed by atoms with E-state index in [9.17, 15) is 9.59 Å². The van der Waals surface area contributed by atoms with Crippen LogP contribution >= 0.6 is 11.6 Å². The van der Waals surface area contributed by atoms with Crippen molar-refractivity contribution >= 4 is 34.7 Å². The van der Waals surface area contributed by atoms with E-state index in [1.54, 1.807) is 31.4 Å². The fourth-order valence-electron chi connectivity index (χ4n) is 3.17. The van der Waals surface area contributed by atoms with Gasteiger partial charge in [0.2, 0.25) is 0 Å². The molecule has 0 unspecified atom stereocenters. The SMILES string of the molecule is COCCCN1C(=O)C(Nc2cccc(C)c2C)=C(c2ccc(Cl)cc2)C1=O. The highest BCUT2D eigenvalue weighted by Crippen LogP contribution is 2.32. The van der Waals surface area contributed by atoms with Crippen LogP contribution in [-0.4, -0.2) is 37.0 Å². The lowest BCUT2D eigenvalue weighted by molar-refractivity contribution is -0.136. The van der Waals surface area contributed by atoms with Crippen molar-refractivity contribution in [2.45, 2.75) is 20.3 Å². The van der Waals surface area contributed by atoms with E-state index in [1.807, 2.05) is 32.0 Å². The van der Waals surface area contributed by atoms with Crippen LogP contribution in [0.1, 0.15) is 23.1 Å². The summed E-state index contributed by atoms with van der Waals surface area (Å²) in [5.74, 6) is -0.636. The van der Waals surface area contributed by atoms with E-state index >= 15 is 0 Å². The van der Waals surface area contributed by atoms with E-state index in [0.29, 0.717) is 41.4 Å². The Morgan fingerprint density at radius 3 is 2.43 bits per heavy atom. The highest BCUT2D eigenvalue weighted by atomic mass is 35.5. The van der Waals surface area contributed by atoms with E-state index in [1.165, 1.54) is 4.90 Å². The molecule has 0 fully saturated rings. The molecule has 2 aromatic rings. The summed E-state index contributed by atoms with van der Waals surface area (Å²) in [5.41, 5.74) is 4.25. The van der Waals surface area contributed by atoms with Crippen molar-refractivity contribution in [3.63, 3.8) is 0 Å². The third-order valence-corrected chi connectivity index (χ3v) is 5.15. The zero-order valence-corrected chi connectivity index (χ0v) is 17.0. The molecule has 1 aliphatic heterocycles. The molecule has 146 valence electrons. The number of halogens is 1. The van der Waals surface area contributed by atoms with E-state index < -0.39 is 0 Å².